The minimum Gasteiger partial charge on any atom is -0.497 e. The Morgan fingerprint density at radius 1 is 0.930 bits per heavy atom. The van der Waals surface area contributed by atoms with Gasteiger partial charge in [-0.3, -0.25) is 19.6 Å². The van der Waals surface area contributed by atoms with Crippen molar-refractivity contribution in [2.45, 2.75) is 6.10 Å². The Bertz CT molecular complexity index is 1340. The number of piperazine rings is 1. The van der Waals surface area contributed by atoms with Gasteiger partial charge in [0.25, 0.3) is 5.91 Å². The van der Waals surface area contributed by atoms with Crippen molar-refractivity contribution < 1.29 is 54.2 Å². The monoisotopic (exact) mass is 620 g/mol. The van der Waals surface area contributed by atoms with Crippen molar-refractivity contribution in [3.8, 4) is 5.75 Å². The summed E-state index contributed by atoms with van der Waals surface area (Å²) in [7, 11) is 1.64. The number of aliphatic hydroxyl groups is 1. The topological polar surface area (TPSA) is 227 Å². The molecule has 2 aromatic heterocycles. The lowest BCUT2D eigenvalue weighted by atomic mass is 10.0. The average Bonchev–Trinajstić information content (AvgIpc) is 3.53. The Balaban J connectivity index is 0.000000455. The van der Waals surface area contributed by atoms with E-state index in [1.807, 2.05) is 41.8 Å². The first kappa shape index (κ1) is 34.6. The first-order valence-corrected chi connectivity index (χ1v) is 13.6. The predicted octanol–water partition coefficient (Wildman–Crippen LogP) is 0.697. The maximum atomic E-state index is 12.0. The van der Waals surface area contributed by atoms with E-state index < -0.39 is 30.0 Å². The number of aliphatic carboxylic acids is 4. The fourth-order valence-corrected chi connectivity index (χ4v) is 4.57. The van der Waals surface area contributed by atoms with Crippen LogP contribution in [0.15, 0.2) is 48.0 Å². The molecule has 0 aliphatic carbocycles. The van der Waals surface area contributed by atoms with Gasteiger partial charge in [-0.25, -0.2) is 19.2 Å². The molecule has 1 aliphatic heterocycles. The van der Waals surface area contributed by atoms with Gasteiger partial charge in [-0.2, -0.15) is 0 Å². The van der Waals surface area contributed by atoms with Gasteiger partial charge in [0.2, 0.25) is 0 Å². The van der Waals surface area contributed by atoms with Crippen molar-refractivity contribution in [3.63, 3.8) is 0 Å². The second-order valence-electron chi connectivity index (χ2n) is 8.90. The van der Waals surface area contributed by atoms with Crippen LogP contribution in [0.25, 0.3) is 10.9 Å². The van der Waals surface area contributed by atoms with Crippen molar-refractivity contribution in [1.29, 1.82) is 0 Å². The van der Waals surface area contributed by atoms with Crippen LogP contribution < -0.4 is 10.1 Å². The normalized spacial score (nSPS) is 13.8. The highest BCUT2D eigenvalue weighted by Gasteiger charge is 2.21. The van der Waals surface area contributed by atoms with Crippen LogP contribution in [0.3, 0.4) is 0 Å². The van der Waals surface area contributed by atoms with Crippen LogP contribution in [0.4, 0.5) is 0 Å². The number of amides is 1. The fraction of sp³-hybridized carbons (Fsp3) is 0.333. The van der Waals surface area contributed by atoms with E-state index in [0.29, 0.717) is 13.1 Å². The molecule has 0 spiro atoms. The number of rotatable bonds is 8. The van der Waals surface area contributed by atoms with Crippen molar-refractivity contribution >= 4 is 52.0 Å². The Morgan fingerprint density at radius 2 is 1.53 bits per heavy atom. The summed E-state index contributed by atoms with van der Waals surface area (Å²) in [5.74, 6) is -6.54. The number of hydrogen-bond donors (Lipinski definition) is 6. The van der Waals surface area contributed by atoms with Gasteiger partial charge in [0.1, 0.15) is 5.75 Å². The highest BCUT2D eigenvalue weighted by Crippen LogP contribution is 2.27. The number of nitrogens with zero attached hydrogens (tertiary/aromatic N) is 3. The van der Waals surface area contributed by atoms with Gasteiger partial charge in [-0.05, 0) is 41.3 Å². The van der Waals surface area contributed by atoms with Gasteiger partial charge >= 0.3 is 23.9 Å². The van der Waals surface area contributed by atoms with E-state index in [-0.39, 0.29) is 5.91 Å². The Labute approximate surface area is 249 Å². The van der Waals surface area contributed by atoms with E-state index in [9.17, 15) is 9.90 Å². The molecule has 1 fully saturated rings. The Kier molecular flexibility index (Phi) is 13.9. The third kappa shape index (κ3) is 11.6. The largest absolute Gasteiger partial charge is 0.497 e. The highest BCUT2D eigenvalue weighted by atomic mass is 32.1. The summed E-state index contributed by atoms with van der Waals surface area (Å²) in [6.45, 7) is 5.69. The number of ether oxygens (including phenoxy) is 1. The fourth-order valence-electron chi connectivity index (χ4n) is 3.92. The summed E-state index contributed by atoms with van der Waals surface area (Å²) >= 11 is 1.46. The standard InChI is InChI=1S/C23H28N4O3S.2C2H2O4/c1-30-17-4-5-20-19(15-17)18(6-7-24-20)21(28)16-27-12-10-26(11-13-27)9-8-25-23(29)22-3-2-14-31-22;2*3-1(4)2(5)6/h2-7,14-15,21,28H,8-13,16H2,1H3,(H,25,29);2*(H,3,4)(H,5,6)/t21-;;/m0../s1. The molecular weight excluding hydrogens is 588 g/mol. The van der Waals surface area contributed by atoms with Crippen LogP contribution in [-0.2, 0) is 19.2 Å². The molecule has 1 atom stereocenters. The number of β-amino-alcohol motifs (C(OH)–C–C–N with tert-alkyl or cyclic N) is 1. The molecule has 43 heavy (non-hydrogen) atoms. The molecule has 6 N–H and O–H groups in total. The number of methoxy groups -OCH3 is 1. The summed E-state index contributed by atoms with van der Waals surface area (Å²) < 4.78 is 5.34. The number of hydrogen-bond acceptors (Lipinski definition) is 11. The lowest BCUT2D eigenvalue weighted by Gasteiger charge is -2.35. The zero-order valence-corrected chi connectivity index (χ0v) is 23.9. The van der Waals surface area contributed by atoms with E-state index in [4.69, 9.17) is 44.3 Å². The van der Waals surface area contributed by atoms with Gasteiger partial charge in [-0.15, -0.1) is 11.3 Å². The van der Waals surface area contributed by atoms with Crippen LogP contribution in [0.1, 0.15) is 21.3 Å². The zero-order chi connectivity index (χ0) is 31.9. The van der Waals surface area contributed by atoms with E-state index in [2.05, 4.69) is 20.1 Å². The Hall–Kier alpha value is -4.64. The van der Waals surface area contributed by atoms with E-state index in [1.165, 1.54) is 11.3 Å². The maximum absolute atomic E-state index is 12.0. The third-order valence-electron chi connectivity index (χ3n) is 6.06. The van der Waals surface area contributed by atoms with E-state index >= 15 is 0 Å². The van der Waals surface area contributed by atoms with Crippen LogP contribution in [0.2, 0.25) is 0 Å². The van der Waals surface area contributed by atoms with Crippen molar-refractivity contribution in [3.05, 3.63) is 58.4 Å². The number of aliphatic hydroxyl groups excluding tert-OH is 1. The number of thiophene rings is 1. The SMILES string of the molecule is COc1ccc2nccc([C@@H](O)CN3CCN(CCNC(=O)c4cccs4)CC3)c2c1.O=C(O)C(=O)O.O=C(O)C(=O)O. The predicted molar refractivity (Wildman–Crippen MR) is 153 cm³/mol. The average molecular weight is 621 g/mol. The molecule has 1 aromatic carbocycles. The molecule has 1 amide bonds. The summed E-state index contributed by atoms with van der Waals surface area (Å²) in [6, 6.07) is 11.3. The first-order chi connectivity index (χ1) is 20.4. The van der Waals surface area contributed by atoms with Gasteiger partial charge in [0.15, 0.2) is 0 Å². The summed E-state index contributed by atoms with van der Waals surface area (Å²) in [4.78, 5) is 58.2. The summed E-state index contributed by atoms with van der Waals surface area (Å²) in [5, 5.41) is 46.3. The van der Waals surface area contributed by atoms with E-state index in [1.54, 1.807) is 13.3 Å². The summed E-state index contributed by atoms with van der Waals surface area (Å²) in [6.07, 6.45) is 1.16. The zero-order valence-electron chi connectivity index (χ0n) is 23.1. The van der Waals surface area contributed by atoms with Crippen LogP contribution in [0.5, 0.6) is 5.75 Å². The lowest BCUT2D eigenvalue weighted by molar-refractivity contribution is -0.159. The smallest absolute Gasteiger partial charge is 0.414 e. The second kappa shape index (κ2) is 17.3. The molecule has 0 saturated carbocycles. The van der Waals surface area contributed by atoms with E-state index in [0.717, 1.165) is 59.8 Å². The van der Waals surface area contributed by atoms with Crippen LogP contribution in [0, 0.1) is 0 Å². The number of carboxylic acids is 4. The van der Waals surface area contributed by atoms with Gasteiger partial charge < -0.3 is 35.6 Å². The number of aromatic nitrogens is 1. The molecular formula is C27H32N4O11S. The van der Waals surface area contributed by atoms with Gasteiger partial charge in [0, 0.05) is 57.4 Å². The molecule has 0 bridgehead atoms. The molecule has 232 valence electrons. The quantitative estimate of drug-likeness (QED) is 0.191. The Morgan fingerprint density at radius 3 is 2.07 bits per heavy atom. The lowest BCUT2D eigenvalue weighted by Crippen LogP contribution is -2.49. The minimum atomic E-state index is -1.82. The van der Waals surface area contributed by atoms with Crippen LogP contribution in [-0.4, -0.2) is 123 Å². The van der Waals surface area contributed by atoms with Gasteiger partial charge in [0.05, 0.1) is 23.6 Å². The number of fused-ring (bicyclic) bond motifs is 1. The molecule has 0 radical (unpaired) electrons. The third-order valence-corrected chi connectivity index (χ3v) is 6.93. The highest BCUT2D eigenvalue weighted by molar-refractivity contribution is 7.12. The minimum absolute atomic E-state index is 0.00188. The molecule has 1 saturated heterocycles. The number of carbonyl (C=O) groups excluding carboxylic acids is 1. The van der Waals surface area contributed by atoms with Crippen molar-refractivity contribution in [2.24, 2.45) is 0 Å². The van der Waals surface area contributed by atoms with Crippen LogP contribution >= 0.6 is 11.3 Å². The number of carbonyl (C=O) groups is 5. The molecule has 16 heteroatoms. The maximum Gasteiger partial charge on any atom is 0.414 e. The molecule has 1 aliphatic rings. The molecule has 4 rings (SSSR count). The molecule has 0 unspecified atom stereocenters. The number of nitrogens with one attached hydrogen (secondary N) is 1. The van der Waals surface area contributed by atoms with Gasteiger partial charge in [-0.1, -0.05) is 6.07 Å². The molecule has 3 heterocycles. The molecule has 3 aromatic rings. The summed E-state index contributed by atoms with van der Waals surface area (Å²) in [5.41, 5.74) is 1.73. The molecule has 15 nitrogen and oxygen atoms in total. The van der Waals surface area contributed by atoms with Crippen molar-refractivity contribution in [2.75, 3.05) is 52.9 Å². The van der Waals surface area contributed by atoms with Crippen molar-refractivity contribution in [1.82, 2.24) is 20.1 Å². The first-order valence-electron chi connectivity index (χ1n) is 12.7. The number of benzene rings is 1. The number of carboxylic acid groups (broad SMARTS) is 4. The number of pyridine rings is 1. The second-order valence-corrected chi connectivity index (χ2v) is 9.84.